The molecule has 7 heteroatoms. The van der Waals surface area contributed by atoms with Crippen LogP contribution in [0.3, 0.4) is 0 Å². The van der Waals surface area contributed by atoms with Crippen molar-refractivity contribution in [1.29, 1.82) is 0 Å². The van der Waals surface area contributed by atoms with Crippen LogP contribution in [0.15, 0.2) is 28.6 Å². The zero-order valence-electron chi connectivity index (χ0n) is 8.83. The van der Waals surface area contributed by atoms with E-state index >= 15 is 0 Å². The van der Waals surface area contributed by atoms with Crippen LogP contribution in [0.4, 0.5) is 0 Å². The quantitative estimate of drug-likeness (QED) is 0.464. The fourth-order valence-corrected chi connectivity index (χ4v) is 3.56. The van der Waals surface area contributed by atoms with Crippen molar-refractivity contribution in [1.82, 2.24) is 4.98 Å². The number of para-hydroxylation sites is 1. The lowest BCUT2D eigenvalue weighted by Crippen LogP contribution is -1.98. The van der Waals surface area contributed by atoms with Gasteiger partial charge in [-0.1, -0.05) is 23.9 Å². The molecule has 17 heavy (non-hydrogen) atoms. The third-order valence-electron chi connectivity index (χ3n) is 1.97. The summed E-state index contributed by atoms with van der Waals surface area (Å²) in [7, 11) is 0. The smallest absolute Gasteiger partial charge is 0.151 e. The van der Waals surface area contributed by atoms with Crippen molar-refractivity contribution >= 4 is 44.7 Å². The molecule has 1 aromatic heterocycles. The number of hydrogen-bond donors (Lipinski definition) is 0. The summed E-state index contributed by atoms with van der Waals surface area (Å²) < 4.78 is 26.8. The van der Waals surface area contributed by atoms with Crippen molar-refractivity contribution in [3.8, 4) is 0 Å². The second kappa shape index (κ2) is 6.46. The summed E-state index contributed by atoms with van der Waals surface area (Å²) in [6.07, 6.45) is 0.689. The first-order valence-corrected chi connectivity index (χ1v) is 7.77. The van der Waals surface area contributed by atoms with Crippen molar-refractivity contribution in [2.75, 3.05) is 12.4 Å². The average Bonchev–Trinajstić information content (AvgIpc) is 2.70. The first-order chi connectivity index (χ1) is 8.25. The highest BCUT2D eigenvalue weighted by atomic mass is 32.2. The molecule has 0 radical (unpaired) electrons. The van der Waals surface area contributed by atoms with Crippen LogP contribution < -0.4 is 0 Å². The van der Waals surface area contributed by atoms with Gasteiger partial charge < -0.3 is 8.74 Å². The highest BCUT2D eigenvalue weighted by molar-refractivity contribution is 8.01. The van der Waals surface area contributed by atoms with Crippen LogP contribution >= 0.6 is 23.1 Å². The Morgan fingerprint density at radius 1 is 1.47 bits per heavy atom. The molecule has 1 heterocycles. The number of fused-ring (bicyclic) bond motifs is 1. The van der Waals surface area contributed by atoms with Gasteiger partial charge in [-0.05, 0) is 18.6 Å². The van der Waals surface area contributed by atoms with E-state index in [4.69, 9.17) is 0 Å². The molecule has 0 saturated carbocycles. The summed E-state index contributed by atoms with van der Waals surface area (Å²) >= 11 is 0.877. The fraction of sp³-hybridized carbons (Fsp3) is 0.300. The molecule has 4 nitrogen and oxygen atoms in total. The Morgan fingerprint density at radius 3 is 3.06 bits per heavy atom. The largest absolute Gasteiger partial charge is 0.750 e. The third kappa shape index (κ3) is 4.04. The summed E-state index contributed by atoms with van der Waals surface area (Å²) in [5.41, 5.74) is 1.01. The second-order valence-electron chi connectivity index (χ2n) is 3.18. The number of thiazole rings is 1. The van der Waals surface area contributed by atoms with E-state index in [0.29, 0.717) is 6.42 Å². The molecule has 0 N–H and O–H groups in total. The number of rotatable bonds is 6. The maximum absolute atomic E-state index is 10.1. The van der Waals surface area contributed by atoms with E-state index in [1.807, 2.05) is 24.3 Å². The van der Waals surface area contributed by atoms with Crippen LogP contribution in [0, 0.1) is 0 Å². The standard InChI is InChI=1S/C10H11NO3S3/c12-17(13)14-6-3-7-15-10-11-8-4-1-2-5-9(8)16-10/h1-2,4-5H,3,6-7H2,(H,12,13)/p-1. The topological polar surface area (TPSA) is 62.2 Å². The van der Waals surface area contributed by atoms with Gasteiger partial charge in [0.25, 0.3) is 0 Å². The Bertz CT molecular complexity index is 481. The lowest BCUT2D eigenvalue weighted by molar-refractivity contribution is 0.301. The van der Waals surface area contributed by atoms with Crippen molar-refractivity contribution in [3.05, 3.63) is 24.3 Å². The van der Waals surface area contributed by atoms with Gasteiger partial charge in [0.05, 0.1) is 28.2 Å². The monoisotopic (exact) mass is 288 g/mol. The number of benzene rings is 1. The van der Waals surface area contributed by atoms with Crippen molar-refractivity contribution in [3.63, 3.8) is 0 Å². The van der Waals surface area contributed by atoms with Crippen LogP contribution in [0.25, 0.3) is 10.2 Å². The minimum absolute atomic E-state index is 0.230. The van der Waals surface area contributed by atoms with Crippen molar-refractivity contribution in [2.45, 2.75) is 10.8 Å². The molecule has 0 bridgehead atoms. The van der Waals surface area contributed by atoms with Gasteiger partial charge in [0.2, 0.25) is 0 Å². The highest BCUT2D eigenvalue weighted by Crippen LogP contribution is 2.29. The van der Waals surface area contributed by atoms with Crippen LogP contribution in [-0.4, -0.2) is 26.1 Å². The van der Waals surface area contributed by atoms with E-state index in [0.717, 1.165) is 15.6 Å². The van der Waals surface area contributed by atoms with Gasteiger partial charge in [-0.25, -0.2) is 9.19 Å². The molecular weight excluding hydrogens is 278 g/mol. The molecule has 0 saturated heterocycles. The van der Waals surface area contributed by atoms with E-state index in [1.165, 1.54) is 4.70 Å². The fourth-order valence-electron chi connectivity index (χ4n) is 1.26. The first kappa shape index (κ1) is 13.0. The summed E-state index contributed by atoms with van der Waals surface area (Å²) in [5, 5.41) is 0. The number of aromatic nitrogens is 1. The van der Waals surface area contributed by atoms with Gasteiger partial charge in [-0.3, -0.25) is 0 Å². The molecule has 1 unspecified atom stereocenters. The van der Waals surface area contributed by atoms with E-state index in [-0.39, 0.29) is 6.61 Å². The highest BCUT2D eigenvalue weighted by Gasteiger charge is 2.02. The molecule has 92 valence electrons. The zero-order valence-corrected chi connectivity index (χ0v) is 11.3. The maximum atomic E-state index is 10.1. The van der Waals surface area contributed by atoms with E-state index in [1.54, 1.807) is 23.1 Å². The molecule has 0 fully saturated rings. The van der Waals surface area contributed by atoms with Crippen LogP contribution in [0.1, 0.15) is 6.42 Å². The molecule has 2 aromatic rings. The molecule has 2 rings (SSSR count). The first-order valence-electron chi connectivity index (χ1n) is 4.96. The predicted molar refractivity (Wildman–Crippen MR) is 69.8 cm³/mol. The van der Waals surface area contributed by atoms with Crippen molar-refractivity contribution < 1.29 is 12.9 Å². The van der Waals surface area contributed by atoms with Gasteiger partial charge >= 0.3 is 0 Å². The Hall–Kier alpha value is -0.470. The summed E-state index contributed by atoms with van der Waals surface area (Å²) in [4.78, 5) is 4.46. The second-order valence-corrected chi connectivity index (χ2v) is 6.19. The zero-order chi connectivity index (χ0) is 12.1. The van der Waals surface area contributed by atoms with Gasteiger partial charge in [0.1, 0.15) is 0 Å². The summed E-state index contributed by atoms with van der Waals surface area (Å²) in [6.45, 7) is 0.230. The molecular formula is C10H10NO3S3-. The Balaban J connectivity index is 1.81. The molecule has 1 aromatic carbocycles. The summed E-state index contributed by atoms with van der Waals surface area (Å²) in [6, 6.07) is 7.99. The SMILES string of the molecule is O=S([O-])OCCCSc1nc2ccccc2s1. The molecule has 0 aliphatic rings. The third-order valence-corrected chi connectivity index (χ3v) is 4.59. The molecule has 1 atom stereocenters. The van der Waals surface area contributed by atoms with Crippen molar-refractivity contribution in [2.24, 2.45) is 0 Å². The molecule has 0 amide bonds. The lowest BCUT2D eigenvalue weighted by Gasteiger charge is -2.03. The van der Waals surface area contributed by atoms with E-state index in [9.17, 15) is 8.76 Å². The number of thioether (sulfide) groups is 1. The van der Waals surface area contributed by atoms with Gasteiger partial charge in [-0.15, -0.1) is 11.3 Å². The van der Waals surface area contributed by atoms with Crippen LogP contribution in [0.5, 0.6) is 0 Å². The van der Waals surface area contributed by atoms with E-state index < -0.39 is 11.4 Å². The van der Waals surface area contributed by atoms with E-state index in [2.05, 4.69) is 9.17 Å². The molecule has 0 spiro atoms. The van der Waals surface area contributed by atoms with Gasteiger partial charge in [-0.2, -0.15) is 0 Å². The van der Waals surface area contributed by atoms with Gasteiger partial charge in [0.15, 0.2) is 4.34 Å². The predicted octanol–water partition coefficient (Wildman–Crippen LogP) is 2.59. The van der Waals surface area contributed by atoms with Gasteiger partial charge in [0, 0.05) is 5.75 Å². The normalized spacial score (nSPS) is 13.0. The Labute approximate surface area is 110 Å². The lowest BCUT2D eigenvalue weighted by atomic mass is 10.3. The average molecular weight is 288 g/mol. The minimum Gasteiger partial charge on any atom is -0.750 e. The molecule has 0 aliphatic carbocycles. The maximum Gasteiger partial charge on any atom is 0.151 e. The number of hydrogen-bond acceptors (Lipinski definition) is 6. The summed E-state index contributed by atoms with van der Waals surface area (Å²) in [5.74, 6) is 0.803. The molecule has 0 aliphatic heterocycles. The minimum atomic E-state index is -2.40. The number of nitrogens with zero attached hydrogens (tertiary/aromatic N) is 1. The van der Waals surface area contributed by atoms with Crippen LogP contribution in [-0.2, 0) is 15.5 Å². The Morgan fingerprint density at radius 2 is 2.29 bits per heavy atom. The Kier molecular flexibility index (Phi) is 4.93. The van der Waals surface area contributed by atoms with Crippen LogP contribution in [0.2, 0.25) is 0 Å².